The van der Waals surface area contributed by atoms with Gasteiger partial charge in [-0.3, -0.25) is 14.2 Å². The Morgan fingerprint density at radius 3 is 2.90 bits per heavy atom. The lowest BCUT2D eigenvalue weighted by Crippen LogP contribution is -2.27. The Bertz CT molecular complexity index is 1180. The molecule has 31 heavy (non-hydrogen) atoms. The molecule has 1 aliphatic rings. The summed E-state index contributed by atoms with van der Waals surface area (Å²) in [5.74, 6) is 0.781. The molecule has 0 bridgehead atoms. The number of allylic oxidation sites excluding steroid dienone is 2. The highest BCUT2D eigenvalue weighted by atomic mass is 32.2. The first-order chi connectivity index (χ1) is 15.0. The minimum atomic E-state index is -0.467. The molecule has 1 aliphatic carbocycles. The van der Waals surface area contributed by atoms with Crippen LogP contribution in [-0.4, -0.2) is 25.9 Å². The molecule has 0 saturated carbocycles. The van der Waals surface area contributed by atoms with Crippen molar-refractivity contribution in [1.29, 1.82) is 0 Å². The zero-order valence-corrected chi connectivity index (χ0v) is 18.6. The van der Waals surface area contributed by atoms with Crippen molar-refractivity contribution < 1.29 is 9.32 Å². The highest BCUT2D eigenvalue weighted by Crippen LogP contribution is 2.26. The summed E-state index contributed by atoms with van der Waals surface area (Å²) in [5.41, 5.74) is 1.97. The molecule has 1 aromatic carbocycles. The van der Waals surface area contributed by atoms with E-state index in [0.717, 1.165) is 19.3 Å². The molecule has 1 unspecified atom stereocenters. The maximum Gasteiger partial charge on any atom is 0.262 e. The molecule has 0 spiro atoms. The van der Waals surface area contributed by atoms with E-state index in [0.29, 0.717) is 34.2 Å². The average molecular weight is 439 g/mol. The van der Waals surface area contributed by atoms with Gasteiger partial charge in [0.2, 0.25) is 5.91 Å². The van der Waals surface area contributed by atoms with Crippen molar-refractivity contribution in [2.75, 3.05) is 5.32 Å². The lowest BCUT2D eigenvalue weighted by atomic mass is 9.97. The standard InChI is InChI=1S/C23H26N4O3S/c1-15-14-20(26-30-15)25-21(28)16(2)31-23-24-19-11-7-6-10-18(19)22(29)27(23)13-12-17-8-4-3-5-9-17/h6-8,10-11,14,16H,3-5,9,12-13H2,1-2H3,(H,25,26,28). The second-order valence-corrected chi connectivity index (χ2v) is 9.11. The van der Waals surface area contributed by atoms with Gasteiger partial charge in [0.15, 0.2) is 11.0 Å². The molecule has 4 rings (SSSR count). The smallest absolute Gasteiger partial charge is 0.262 e. The molecule has 0 saturated heterocycles. The van der Waals surface area contributed by atoms with Gasteiger partial charge in [0.05, 0.1) is 16.2 Å². The van der Waals surface area contributed by atoms with Gasteiger partial charge in [0, 0.05) is 12.6 Å². The molecule has 3 aromatic rings. The van der Waals surface area contributed by atoms with Gasteiger partial charge in [-0.1, -0.05) is 40.7 Å². The van der Waals surface area contributed by atoms with Gasteiger partial charge in [-0.05, 0) is 58.1 Å². The summed E-state index contributed by atoms with van der Waals surface area (Å²) >= 11 is 1.28. The van der Waals surface area contributed by atoms with Gasteiger partial charge in [-0.15, -0.1) is 0 Å². The molecule has 2 aromatic heterocycles. The number of rotatable bonds is 7. The number of aryl methyl sites for hydroxylation is 1. The molecule has 7 nitrogen and oxygen atoms in total. The van der Waals surface area contributed by atoms with Crippen LogP contribution >= 0.6 is 11.8 Å². The first-order valence-corrected chi connectivity index (χ1v) is 11.5. The van der Waals surface area contributed by atoms with Crippen molar-refractivity contribution in [1.82, 2.24) is 14.7 Å². The quantitative estimate of drug-likeness (QED) is 0.327. The molecule has 1 atom stereocenters. The van der Waals surface area contributed by atoms with Crippen LogP contribution in [-0.2, 0) is 11.3 Å². The normalized spacial score (nSPS) is 15.0. The van der Waals surface area contributed by atoms with E-state index in [1.165, 1.54) is 30.2 Å². The van der Waals surface area contributed by atoms with Crippen LogP contribution in [0.4, 0.5) is 5.82 Å². The average Bonchev–Trinajstić information content (AvgIpc) is 3.18. The Labute approximate surface area is 184 Å². The maximum absolute atomic E-state index is 13.2. The first kappa shape index (κ1) is 21.4. The van der Waals surface area contributed by atoms with Crippen LogP contribution in [0, 0.1) is 6.92 Å². The van der Waals surface area contributed by atoms with E-state index in [1.807, 2.05) is 18.2 Å². The third-order valence-corrected chi connectivity index (χ3v) is 6.49. The third-order valence-electron chi connectivity index (χ3n) is 5.40. The molecule has 162 valence electrons. The number of hydrogen-bond donors (Lipinski definition) is 1. The minimum Gasteiger partial charge on any atom is -0.360 e. The van der Waals surface area contributed by atoms with Crippen molar-refractivity contribution >= 4 is 34.4 Å². The van der Waals surface area contributed by atoms with Crippen LogP contribution in [0.1, 0.15) is 44.8 Å². The lowest BCUT2D eigenvalue weighted by Gasteiger charge is -2.18. The van der Waals surface area contributed by atoms with Crippen LogP contribution in [0.15, 0.2) is 56.5 Å². The minimum absolute atomic E-state index is 0.0655. The summed E-state index contributed by atoms with van der Waals surface area (Å²) < 4.78 is 6.72. The Morgan fingerprint density at radius 1 is 1.32 bits per heavy atom. The van der Waals surface area contributed by atoms with Crippen LogP contribution in [0.2, 0.25) is 0 Å². The van der Waals surface area contributed by atoms with E-state index in [1.54, 1.807) is 30.5 Å². The number of carbonyl (C=O) groups is 1. The highest BCUT2D eigenvalue weighted by molar-refractivity contribution is 8.00. The Balaban J connectivity index is 1.59. The molecule has 1 amide bonds. The number of aromatic nitrogens is 3. The Kier molecular flexibility index (Phi) is 6.56. The topological polar surface area (TPSA) is 90.0 Å². The number of anilines is 1. The van der Waals surface area contributed by atoms with Gasteiger partial charge in [0.1, 0.15) is 5.76 Å². The molecule has 0 radical (unpaired) electrons. The number of hydrogen-bond acceptors (Lipinski definition) is 6. The lowest BCUT2D eigenvalue weighted by molar-refractivity contribution is -0.115. The number of para-hydroxylation sites is 1. The van der Waals surface area contributed by atoms with Crippen molar-refractivity contribution in [2.24, 2.45) is 0 Å². The summed E-state index contributed by atoms with van der Waals surface area (Å²) in [6, 6.07) is 9.01. The number of carbonyl (C=O) groups excluding carboxylic acids is 1. The zero-order chi connectivity index (χ0) is 21.8. The number of nitrogens with zero attached hydrogens (tertiary/aromatic N) is 3. The van der Waals surface area contributed by atoms with Gasteiger partial charge in [-0.25, -0.2) is 4.98 Å². The highest BCUT2D eigenvalue weighted by Gasteiger charge is 2.20. The second kappa shape index (κ2) is 9.51. The van der Waals surface area contributed by atoms with E-state index < -0.39 is 5.25 Å². The molecule has 0 aliphatic heterocycles. The summed E-state index contributed by atoms with van der Waals surface area (Å²) in [6.45, 7) is 4.12. The molecule has 2 heterocycles. The van der Waals surface area contributed by atoms with Crippen molar-refractivity contribution in [3.63, 3.8) is 0 Å². The Hall–Kier alpha value is -2.87. The number of amides is 1. The largest absolute Gasteiger partial charge is 0.360 e. The second-order valence-electron chi connectivity index (χ2n) is 7.80. The van der Waals surface area contributed by atoms with Gasteiger partial charge < -0.3 is 9.84 Å². The fourth-order valence-corrected chi connectivity index (χ4v) is 4.62. The molecule has 8 heteroatoms. The fourth-order valence-electron chi connectivity index (χ4n) is 3.69. The van der Waals surface area contributed by atoms with Gasteiger partial charge in [0.25, 0.3) is 5.56 Å². The monoisotopic (exact) mass is 438 g/mol. The predicted octanol–water partition coefficient (Wildman–Crippen LogP) is 4.70. The van der Waals surface area contributed by atoms with Crippen molar-refractivity contribution in [2.45, 2.75) is 62.9 Å². The van der Waals surface area contributed by atoms with Crippen molar-refractivity contribution in [3.8, 4) is 0 Å². The molecular formula is C23H26N4O3S. The van der Waals surface area contributed by atoms with E-state index in [-0.39, 0.29) is 11.5 Å². The van der Waals surface area contributed by atoms with Crippen LogP contribution in [0.5, 0.6) is 0 Å². The summed E-state index contributed by atoms with van der Waals surface area (Å²) in [7, 11) is 0. The van der Waals surface area contributed by atoms with Crippen LogP contribution < -0.4 is 10.9 Å². The number of thioether (sulfide) groups is 1. The first-order valence-electron chi connectivity index (χ1n) is 10.6. The predicted molar refractivity (Wildman–Crippen MR) is 122 cm³/mol. The molecule has 0 fully saturated rings. The SMILES string of the molecule is Cc1cc(NC(=O)C(C)Sc2nc3ccccc3c(=O)n2CCC2=CCCCC2)no1. The van der Waals surface area contributed by atoms with E-state index >= 15 is 0 Å². The number of fused-ring (bicyclic) bond motifs is 1. The summed E-state index contributed by atoms with van der Waals surface area (Å²) in [6.07, 6.45) is 7.77. The summed E-state index contributed by atoms with van der Waals surface area (Å²) in [4.78, 5) is 30.6. The maximum atomic E-state index is 13.2. The molecular weight excluding hydrogens is 412 g/mol. The van der Waals surface area contributed by atoms with Crippen molar-refractivity contribution in [3.05, 3.63) is 58.1 Å². The van der Waals surface area contributed by atoms with E-state index in [2.05, 4.69) is 16.5 Å². The number of nitrogens with one attached hydrogen (secondary N) is 1. The van der Waals surface area contributed by atoms with Gasteiger partial charge in [-0.2, -0.15) is 0 Å². The number of benzene rings is 1. The zero-order valence-electron chi connectivity index (χ0n) is 17.8. The van der Waals surface area contributed by atoms with E-state index in [4.69, 9.17) is 9.51 Å². The van der Waals surface area contributed by atoms with E-state index in [9.17, 15) is 9.59 Å². The van der Waals surface area contributed by atoms with Crippen LogP contribution in [0.25, 0.3) is 10.9 Å². The van der Waals surface area contributed by atoms with Crippen LogP contribution in [0.3, 0.4) is 0 Å². The third kappa shape index (κ3) is 5.07. The molecule has 1 N–H and O–H groups in total. The summed E-state index contributed by atoms with van der Waals surface area (Å²) in [5, 5.41) is 7.24. The Morgan fingerprint density at radius 2 is 2.16 bits per heavy atom. The fraction of sp³-hybridized carbons (Fsp3) is 0.391. The van der Waals surface area contributed by atoms with Gasteiger partial charge >= 0.3 is 0 Å².